The van der Waals surface area contributed by atoms with Crippen molar-refractivity contribution in [1.82, 2.24) is 25.2 Å². The van der Waals surface area contributed by atoms with Crippen LogP contribution < -0.4 is 20.3 Å². The summed E-state index contributed by atoms with van der Waals surface area (Å²) in [5.41, 5.74) is 4.29. The molecule has 3 heterocycles. The number of carbonyl (C=O) groups is 1. The molecule has 216 valence electrons. The van der Waals surface area contributed by atoms with E-state index in [-0.39, 0.29) is 24.1 Å². The molecule has 2 N–H and O–H groups in total. The van der Waals surface area contributed by atoms with E-state index in [1.54, 1.807) is 24.4 Å². The number of imidazole rings is 1. The van der Waals surface area contributed by atoms with Crippen LogP contribution in [0.5, 0.6) is 5.75 Å². The number of halogens is 3. The maximum absolute atomic E-state index is 12.9. The lowest BCUT2D eigenvalue weighted by molar-refractivity contribution is -0.274. The molecule has 0 saturated carbocycles. The maximum Gasteiger partial charge on any atom is 0.573 e. The highest BCUT2D eigenvalue weighted by Gasteiger charge is 2.31. The van der Waals surface area contributed by atoms with E-state index >= 15 is 0 Å². The van der Waals surface area contributed by atoms with Gasteiger partial charge in [-0.25, -0.2) is 9.97 Å². The second kappa shape index (κ2) is 12.2. The van der Waals surface area contributed by atoms with E-state index in [4.69, 9.17) is 0 Å². The van der Waals surface area contributed by atoms with Gasteiger partial charge in [-0.05, 0) is 61.4 Å². The number of fused-ring (bicyclic) bond motifs is 1. The van der Waals surface area contributed by atoms with Crippen LogP contribution >= 0.6 is 0 Å². The third kappa shape index (κ3) is 7.35. The molecule has 2 aromatic heterocycles. The Bertz CT molecular complexity index is 1470. The number of aromatic nitrogens is 3. The highest BCUT2D eigenvalue weighted by atomic mass is 19.4. The Morgan fingerprint density at radius 2 is 1.90 bits per heavy atom. The average molecular weight is 567 g/mol. The molecule has 1 saturated heterocycles. The number of alkyl halides is 3. The zero-order valence-corrected chi connectivity index (χ0v) is 23.0. The molecule has 0 bridgehead atoms. The molecule has 2 atom stereocenters. The quantitative estimate of drug-likeness (QED) is 0.297. The van der Waals surface area contributed by atoms with Crippen LogP contribution in [0.4, 0.5) is 18.9 Å². The van der Waals surface area contributed by atoms with Crippen LogP contribution in [0.1, 0.15) is 43.3 Å². The van der Waals surface area contributed by atoms with Gasteiger partial charge in [0.25, 0.3) is 0 Å². The lowest BCUT2D eigenvalue weighted by Gasteiger charge is -2.33. The number of ether oxygens (including phenoxy) is 1. The van der Waals surface area contributed by atoms with Crippen molar-refractivity contribution in [3.05, 3.63) is 83.8 Å². The minimum Gasteiger partial charge on any atom is -0.406 e. The number of hydrogen-bond donors (Lipinski definition) is 2. The molecule has 1 unspecified atom stereocenters. The van der Waals surface area contributed by atoms with E-state index in [0.717, 1.165) is 30.8 Å². The molecule has 1 aliphatic rings. The van der Waals surface area contributed by atoms with E-state index in [2.05, 4.69) is 61.4 Å². The summed E-state index contributed by atoms with van der Waals surface area (Å²) in [6.45, 7) is 7.37. The van der Waals surface area contributed by atoms with Crippen LogP contribution in [0.15, 0.2) is 66.9 Å². The summed E-state index contributed by atoms with van der Waals surface area (Å²) in [5, 5.41) is 6.53. The summed E-state index contributed by atoms with van der Waals surface area (Å²) in [6.07, 6.45) is -2.48. The van der Waals surface area contributed by atoms with Gasteiger partial charge in [0, 0.05) is 50.4 Å². The zero-order chi connectivity index (χ0) is 29.0. The van der Waals surface area contributed by atoms with Gasteiger partial charge in [0.1, 0.15) is 17.1 Å². The standard InChI is InChI=1S/C30H33F3N6O2/c1-20-18-38(17-16-34-20)24-9-7-23(8-10-24)21(2)36-28(40)14-13-27-37-26-4-3-15-35-29(26)39(27)19-22-5-11-25(12-6-22)41-30(31,32)33/h3-12,15,20-21,34H,13-14,16-19H2,1-2H3,(H,36,40)/t20?,21-/m0/s1. The number of benzene rings is 2. The molecule has 2 aromatic carbocycles. The highest BCUT2D eigenvalue weighted by Crippen LogP contribution is 2.24. The Hall–Kier alpha value is -4.12. The number of nitrogens with zero attached hydrogens (tertiary/aromatic N) is 4. The summed E-state index contributed by atoms with van der Waals surface area (Å²) in [6, 6.07) is 17.9. The summed E-state index contributed by atoms with van der Waals surface area (Å²) in [5.74, 6) is 0.290. The van der Waals surface area contributed by atoms with E-state index in [0.29, 0.717) is 36.0 Å². The first-order chi connectivity index (χ1) is 19.6. The first-order valence-electron chi connectivity index (χ1n) is 13.7. The maximum atomic E-state index is 12.9. The van der Waals surface area contributed by atoms with Gasteiger partial charge in [0.05, 0.1) is 12.6 Å². The molecular formula is C30H33F3N6O2. The topological polar surface area (TPSA) is 84.3 Å². The third-order valence-electron chi connectivity index (χ3n) is 7.16. The second-order valence-electron chi connectivity index (χ2n) is 10.3. The molecule has 1 fully saturated rings. The van der Waals surface area contributed by atoms with Gasteiger partial charge < -0.3 is 24.8 Å². The van der Waals surface area contributed by atoms with Crippen LogP contribution in [0.25, 0.3) is 11.2 Å². The minimum atomic E-state index is -4.75. The average Bonchev–Trinajstić information content (AvgIpc) is 3.29. The normalized spacial score (nSPS) is 16.5. The van der Waals surface area contributed by atoms with Gasteiger partial charge in [-0.2, -0.15) is 0 Å². The number of nitrogens with one attached hydrogen (secondary N) is 2. The zero-order valence-electron chi connectivity index (χ0n) is 23.0. The highest BCUT2D eigenvalue weighted by molar-refractivity contribution is 5.77. The summed E-state index contributed by atoms with van der Waals surface area (Å²) in [4.78, 5) is 24.4. The summed E-state index contributed by atoms with van der Waals surface area (Å²) in [7, 11) is 0. The Kier molecular flexibility index (Phi) is 8.44. The molecule has 11 heteroatoms. The molecular weight excluding hydrogens is 533 g/mol. The first-order valence-corrected chi connectivity index (χ1v) is 13.7. The van der Waals surface area contributed by atoms with Gasteiger partial charge in [0.2, 0.25) is 5.91 Å². The number of hydrogen-bond acceptors (Lipinski definition) is 6. The van der Waals surface area contributed by atoms with Crippen LogP contribution in [0, 0.1) is 0 Å². The van der Waals surface area contributed by atoms with Gasteiger partial charge in [-0.3, -0.25) is 4.79 Å². The van der Waals surface area contributed by atoms with E-state index < -0.39 is 6.36 Å². The number of piperazine rings is 1. The van der Waals surface area contributed by atoms with Gasteiger partial charge in [-0.15, -0.1) is 13.2 Å². The fourth-order valence-electron chi connectivity index (χ4n) is 5.10. The monoisotopic (exact) mass is 566 g/mol. The number of carbonyl (C=O) groups excluding carboxylic acids is 1. The molecule has 0 spiro atoms. The second-order valence-corrected chi connectivity index (χ2v) is 10.3. The summed E-state index contributed by atoms with van der Waals surface area (Å²) >= 11 is 0. The Morgan fingerprint density at radius 3 is 2.61 bits per heavy atom. The molecule has 5 rings (SSSR count). The SMILES string of the molecule is CC1CN(c2ccc([C@H](C)NC(=O)CCc3nc4cccnc4n3Cc3ccc(OC(F)(F)F)cc3)cc2)CCN1. The summed E-state index contributed by atoms with van der Waals surface area (Å²) < 4.78 is 43.4. The van der Waals surface area contributed by atoms with Crippen molar-refractivity contribution in [2.24, 2.45) is 0 Å². The minimum absolute atomic E-state index is 0.0993. The number of amides is 1. The van der Waals surface area contributed by atoms with Crippen LogP contribution in [0.2, 0.25) is 0 Å². The van der Waals surface area contributed by atoms with Crippen LogP contribution in [-0.2, 0) is 17.8 Å². The number of pyridine rings is 1. The Labute approximate surface area is 236 Å². The van der Waals surface area contributed by atoms with Crippen molar-refractivity contribution in [2.45, 2.75) is 51.7 Å². The van der Waals surface area contributed by atoms with E-state index in [1.807, 2.05) is 17.6 Å². The molecule has 1 aliphatic heterocycles. The van der Waals surface area contributed by atoms with E-state index in [9.17, 15) is 18.0 Å². The Balaban J connectivity index is 1.22. The smallest absolute Gasteiger partial charge is 0.406 e. The fourth-order valence-corrected chi connectivity index (χ4v) is 5.10. The first kappa shape index (κ1) is 28.4. The van der Waals surface area contributed by atoms with Gasteiger partial charge in [0.15, 0.2) is 5.65 Å². The Morgan fingerprint density at radius 1 is 1.15 bits per heavy atom. The predicted octanol–water partition coefficient (Wildman–Crippen LogP) is 4.99. The number of aryl methyl sites for hydroxylation is 1. The van der Waals surface area contributed by atoms with Crippen molar-refractivity contribution in [3.63, 3.8) is 0 Å². The van der Waals surface area contributed by atoms with Crippen LogP contribution in [-0.4, -0.2) is 52.5 Å². The molecule has 0 radical (unpaired) electrons. The van der Waals surface area contributed by atoms with Crippen molar-refractivity contribution >= 4 is 22.8 Å². The lowest BCUT2D eigenvalue weighted by atomic mass is 10.1. The largest absolute Gasteiger partial charge is 0.573 e. The van der Waals surface area contributed by atoms with Gasteiger partial charge >= 0.3 is 6.36 Å². The molecule has 0 aliphatic carbocycles. The molecule has 8 nitrogen and oxygen atoms in total. The number of anilines is 1. The van der Waals surface area contributed by atoms with Crippen LogP contribution in [0.3, 0.4) is 0 Å². The van der Waals surface area contributed by atoms with Crippen molar-refractivity contribution in [2.75, 3.05) is 24.5 Å². The van der Waals surface area contributed by atoms with Gasteiger partial charge in [-0.1, -0.05) is 24.3 Å². The third-order valence-corrected chi connectivity index (χ3v) is 7.16. The van der Waals surface area contributed by atoms with E-state index in [1.165, 1.54) is 17.8 Å². The van der Waals surface area contributed by atoms with Crippen molar-refractivity contribution in [1.29, 1.82) is 0 Å². The molecule has 4 aromatic rings. The predicted molar refractivity (Wildman–Crippen MR) is 151 cm³/mol. The van der Waals surface area contributed by atoms with Crippen molar-refractivity contribution < 1.29 is 22.7 Å². The van der Waals surface area contributed by atoms with Crippen molar-refractivity contribution in [3.8, 4) is 5.75 Å². The molecule has 1 amide bonds. The fraction of sp³-hybridized carbons (Fsp3) is 0.367. The lowest BCUT2D eigenvalue weighted by Crippen LogP contribution is -2.49. The molecule has 41 heavy (non-hydrogen) atoms. The number of rotatable bonds is 9.